The lowest BCUT2D eigenvalue weighted by Gasteiger charge is -2.09. The molecule has 2 rings (SSSR count). The van der Waals surface area contributed by atoms with Gasteiger partial charge < -0.3 is 61.6 Å². The number of ether oxygens (including phenoxy) is 13. The molecule has 2 N–H and O–H groups in total. The summed E-state index contributed by atoms with van der Waals surface area (Å²) in [5.74, 6) is 6.02. The van der Waals surface area contributed by atoms with Crippen molar-refractivity contribution in [3.63, 3.8) is 0 Å². The van der Waals surface area contributed by atoms with Crippen molar-refractivity contribution in [1.29, 1.82) is 0 Å². The Bertz CT molecular complexity index is 1250. The molecular formula is C41H71NO17S. The number of hydrogen-bond acceptors (Lipinski definition) is 18. The van der Waals surface area contributed by atoms with Crippen LogP contribution in [-0.2, 0) is 75.7 Å². The van der Waals surface area contributed by atoms with Crippen LogP contribution in [0.5, 0.6) is 5.75 Å². The van der Waals surface area contributed by atoms with Crippen LogP contribution in [0.2, 0.25) is 0 Å². The summed E-state index contributed by atoms with van der Waals surface area (Å²) in [5, 5.41) is 0. The Morgan fingerprint density at radius 2 is 0.633 bits per heavy atom. The fourth-order valence-corrected chi connectivity index (χ4v) is 4.64. The summed E-state index contributed by atoms with van der Waals surface area (Å²) in [4.78, 5) is 0. The second-order valence-electron chi connectivity index (χ2n) is 12.4. The molecule has 2 aromatic rings. The fourth-order valence-electron chi connectivity index (χ4n) is 4.32. The zero-order valence-electron chi connectivity index (χ0n) is 35.7. The second-order valence-corrected chi connectivity index (χ2v) is 13.6. The highest BCUT2D eigenvalue weighted by Crippen LogP contribution is 2.11. The molecule has 0 aliphatic rings. The molecule has 0 fully saturated rings. The summed E-state index contributed by atoms with van der Waals surface area (Å²) in [5.41, 5.74) is 1.41. The quantitative estimate of drug-likeness (QED) is 0.0752. The van der Waals surface area contributed by atoms with Crippen LogP contribution in [0.4, 0.5) is 0 Å². The lowest BCUT2D eigenvalue weighted by atomic mass is 10.0. The maximum absolute atomic E-state index is 10.8. The van der Waals surface area contributed by atoms with Crippen molar-refractivity contribution in [1.82, 2.24) is 0 Å². The number of rotatable bonds is 43. The first-order chi connectivity index (χ1) is 29.4. The summed E-state index contributed by atoms with van der Waals surface area (Å²) in [6.07, 6.45) is 0. The van der Waals surface area contributed by atoms with Gasteiger partial charge in [-0.05, 0) is 23.6 Å². The lowest BCUT2D eigenvalue weighted by molar-refractivity contribution is -0.0287. The first-order valence-corrected chi connectivity index (χ1v) is 21.7. The van der Waals surface area contributed by atoms with Crippen molar-refractivity contribution in [3.8, 4) is 5.75 Å². The van der Waals surface area contributed by atoms with Crippen molar-refractivity contribution in [2.24, 2.45) is 5.90 Å². The maximum atomic E-state index is 10.8. The third-order valence-electron chi connectivity index (χ3n) is 7.37. The second kappa shape index (κ2) is 43.2. The van der Waals surface area contributed by atoms with Crippen molar-refractivity contribution < 1.29 is 78.5 Å². The van der Waals surface area contributed by atoms with Crippen molar-refractivity contribution in [3.05, 3.63) is 66.2 Å². The van der Waals surface area contributed by atoms with Crippen LogP contribution in [0.1, 0.15) is 25.3 Å². The zero-order valence-corrected chi connectivity index (χ0v) is 36.5. The molecule has 0 unspecified atom stereocenters. The summed E-state index contributed by atoms with van der Waals surface area (Å²) in [7, 11) is -4.14. The highest BCUT2D eigenvalue weighted by atomic mass is 32.3. The van der Waals surface area contributed by atoms with Gasteiger partial charge in [-0.1, -0.05) is 62.4 Å². The molecule has 0 spiro atoms. The minimum atomic E-state index is -4.14. The number of para-hydroxylation sites is 1. The third-order valence-corrected chi connectivity index (χ3v) is 8.06. The van der Waals surface area contributed by atoms with E-state index in [-0.39, 0.29) is 19.8 Å². The van der Waals surface area contributed by atoms with Gasteiger partial charge in [-0.3, -0.25) is 0 Å². The highest BCUT2D eigenvalue weighted by molar-refractivity contribution is 7.81. The van der Waals surface area contributed by atoms with E-state index in [0.29, 0.717) is 158 Å². The van der Waals surface area contributed by atoms with E-state index in [1.54, 1.807) is 0 Å². The molecule has 19 heteroatoms. The first-order valence-electron chi connectivity index (χ1n) is 20.4. The van der Waals surface area contributed by atoms with Crippen molar-refractivity contribution in [2.45, 2.75) is 19.8 Å². The van der Waals surface area contributed by atoms with Gasteiger partial charge >= 0.3 is 10.4 Å². The van der Waals surface area contributed by atoms with Gasteiger partial charge in [0.05, 0.1) is 165 Å². The first kappa shape index (κ1) is 55.6. The van der Waals surface area contributed by atoms with Crippen LogP contribution in [0.15, 0.2) is 60.7 Å². The van der Waals surface area contributed by atoms with Gasteiger partial charge in [0.1, 0.15) is 12.4 Å². The van der Waals surface area contributed by atoms with Gasteiger partial charge in [0.2, 0.25) is 0 Å². The predicted octanol–water partition coefficient (Wildman–Crippen LogP) is 3.23. The lowest BCUT2D eigenvalue weighted by Crippen LogP contribution is -2.18. The molecule has 0 saturated carbocycles. The molecule has 0 atom stereocenters. The minimum Gasteiger partial charge on any atom is -0.491 e. The molecule has 0 radical (unpaired) electrons. The molecule has 0 bridgehead atoms. The molecule has 0 aliphatic carbocycles. The van der Waals surface area contributed by atoms with Gasteiger partial charge in [-0.15, -0.1) is 0 Å². The largest absolute Gasteiger partial charge is 0.491 e. The average Bonchev–Trinajstić information content (AvgIpc) is 3.26. The Labute approximate surface area is 357 Å². The Morgan fingerprint density at radius 3 is 0.883 bits per heavy atom. The third kappa shape index (κ3) is 39.7. The van der Waals surface area contributed by atoms with Crippen molar-refractivity contribution in [2.75, 3.05) is 172 Å². The molecule has 0 aromatic heterocycles. The molecule has 18 nitrogen and oxygen atoms in total. The number of hydrogen-bond donors (Lipinski definition) is 1. The van der Waals surface area contributed by atoms with Gasteiger partial charge in [-0.25, -0.2) is 4.18 Å². The average molecular weight is 882 g/mol. The van der Waals surface area contributed by atoms with E-state index in [0.717, 1.165) is 5.75 Å². The summed E-state index contributed by atoms with van der Waals surface area (Å²) < 4.78 is 100. The van der Waals surface area contributed by atoms with Crippen LogP contribution in [0.25, 0.3) is 0 Å². The monoisotopic (exact) mass is 881 g/mol. The Hall–Kier alpha value is -2.41. The minimum absolute atomic E-state index is 0.0592. The van der Waals surface area contributed by atoms with E-state index in [2.05, 4.69) is 52.5 Å². The maximum Gasteiger partial charge on any atom is 0.415 e. The van der Waals surface area contributed by atoms with Gasteiger partial charge in [-0.2, -0.15) is 18.6 Å². The Kier molecular flexibility index (Phi) is 40.1. The molecule has 0 saturated heterocycles. The molecular weight excluding hydrogens is 811 g/mol. The van der Waals surface area contributed by atoms with Crippen molar-refractivity contribution >= 4 is 10.4 Å². The SMILES string of the molecule is CC(C)c1ccccc1.NOS(=O)(=O)OCCOCCOCCOCCOCCOCCOCCOCCOCCOCCOCCOCCOCCOc1ccccc1. The molecule has 2 aromatic carbocycles. The van der Waals surface area contributed by atoms with Gasteiger partial charge in [0.15, 0.2) is 0 Å². The van der Waals surface area contributed by atoms with E-state index in [1.807, 2.05) is 36.4 Å². The molecule has 0 heterocycles. The topological polar surface area (TPSA) is 199 Å². The summed E-state index contributed by atoms with van der Waals surface area (Å²) in [6, 6.07) is 20.2. The Morgan fingerprint density at radius 1 is 0.383 bits per heavy atom. The smallest absolute Gasteiger partial charge is 0.415 e. The van der Waals surface area contributed by atoms with Gasteiger partial charge in [0, 0.05) is 0 Å². The van der Waals surface area contributed by atoms with Crippen LogP contribution < -0.4 is 10.6 Å². The normalized spacial score (nSPS) is 11.5. The highest BCUT2D eigenvalue weighted by Gasteiger charge is 2.08. The number of benzene rings is 2. The zero-order chi connectivity index (χ0) is 43.3. The van der Waals surface area contributed by atoms with E-state index in [1.165, 1.54) is 5.56 Å². The standard InChI is InChI=1S/C32H59NO17S.C9H12/c33-50-51(34,35)49-31-29-47-27-25-45-23-21-43-19-17-41-15-13-39-11-9-37-7-6-36-8-10-38-12-14-40-16-18-42-20-22-44-24-26-46-28-30-48-32-4-2-1-3-5-32;1-8(2)9-6-4-3-5-7-9/h1-5H,6-31,33H2;3-8H,1-2H3. The van der Waals surface area contributed by atoms with Crippen LogP contribution in [0.3, 0.4) is 0 Å². The van der Waals surface area contributed by atoms with Crippen LogP contribution in [-0.4, -0.2) is 180 Å². The molecule has 348 valence electrons. The Balaban J connectivity index is 0.00000175. The van der Waals surface area contributed by atoms with Gasteiger partial charge in [0.25, 0.3) is 0 Å². The van der Waals surface area contributed by atoms with E-state index >= 15 is 0 Å². The number of nitrogens with two attached hydrogens (primary N) is 1. The summed E-state index contributed by atoms with van der Waals surface area (Å²) >= 11 is 0. The van der Waals surface area contributed by atoms with E-state index < -0.39 is 10.4 Å². The summed E-state index contributed by atoms with van der Waals surface area (Å²) in [6.45, 7) is 15.4. The molecule has 0 amide bonds. The molecule has 0 aliphatic heterocycles. The van der Waals surface area contributed by atoms with Crippen LogP contribution in [0, 0.1) is 0 Å². The van der Waals surface area contributed by atoms with E-state index in [9.17, 15) is 8.42 Å². The van der Waals surface area contributed by atoms with E-state index in [4.69, 9.17) is 61.6 Å². The van der Waals surface area contributed by atoms with Crippen LogP contribution >= 0.6 is 0 Å². The fraction of sp³-hybridized carbons (Fsp3) is 0.707. The molecule has 60 heavy (non-hydrogen) atoms. The predicted molar refractivity (Wildman–Crippen MR) is 222 cm³/mol.